The van der Waals surface area contributed by atoms with Crippen molar-refractivity contribution in [2.75, 3.05) is 5.01 Å². The molecule has 0 spiro atoms. The van der Waals surface area contributed by atoms with E-state index in [0.717, 1.165) is 0 Å². The summed E-state index contributed by atoms with van der Waals surface area (Å²) in [5, 5.41) is 14.5. The maximum absolute atomic E-state index is 12.2. The van der Waals surface area contributed by atoms with Crippen LogP contribution in [0.25, 0.3) is 0 Å². The molecule has 0 aliphatic carbocycles. The van der Waals surface area contributed by atoms with Crippen molar-refractivity contribution in [3.63, 3.8) is 0 Å². The number of hydrazone groups is 1. The number of nitrogens with one attached hydrogen (secondary N) is 1. The number of nitrogens with zero attached hydrogens (tertiary/aromatic N) is 2. The maximum atomic E-state index is 12.2. The molecule has 0 bridgehead atoms. The van der Waals surface area contributed by atoms with Crippen molar-refractivity contribution in [3.8, 4) is 0 Å². The van der Waals surface area contributed by atoms with E-state index in [0.29, 0.717) is 16.4 Å². The first kappa shape index (κ1) is 13.9. The van der Waals surface area contributed by atoms with Gasteiger partial charge in [-0.05, 0) is 25.1 Å². The molecule has 1 aromatic rings. The number of hydrogen-bond donors (Lipinski definition) is 3. The smallest absolute Gasteiger partial charge is 0.282 e. The van der Waals surface area contributed by atoms with Crippen LogP contribution in [0.2, 0.25) is 5.02 Å². The van der Waals surface area contributed by atoms with Gasteiger partial charge < -0.3 is 0 Å². The summed E-state index contributed by atoms with van der Waals surface area (Å²) in [6, 6.07) is 6.81. The second kappa shape index (κ2) is 5.64. The zero-order valence-electron chi connectivity index (χ0n) is 10.0. The van der Waals surface area contributed by atoms with Crippen LogP contribution in [0.1, 0.15) is 6.92 Å². The van der Waals surface area contributed by atoms with Gasteiger partial charge in [0.15, 0.2) is 0 Å². The predicted octanol–water partition coefficient (Wildman–Crippen LogP) is 2.22. The van der Waals surface area contributed by atoms with Crippen molar-refractivity contribution in [3.05, 3.63) is 41.1 Å². The van der Waals surface area contributed by atoms with Crippen LogP contribution in [-0.4, -0.2) is 22.1 Å². The lowest BCUT2D eigenvalue weighted by Crippen LogP contribution is -2.23. The summed E-state index contributed by atoms with van der Waals surface area (Å²) in [5.74, 6) is -0.347. The van der Waals surface area contributed by atoms with Crippen LogP contribution in [0, 0.1) is 0 Å². The zero-order valence-corrected chi connectivity index (χ0v) is 11.7. The van der Waals surface area contributed by atoms with E-state index >= 15 is 0 Å². The number of halogens is 1. The van der Waals surface area contributed by atoms with E-state index in [-0.39, 0.29) is 16.7 Å². The Bertz CT molecular complexity index is 572. The van der Waals surface area contributed by atoms with Crippen molar-refractivity contribution in [2.45, 2.75) is 12.2 Å². The molecule has 1 heterocycles. The van der Waals surface area contributed by atoms with E-state index in [1.165, 1.54) is 11.2 Å². The fraction of sp³-hybridized carbons (Fsp3) is 0.167. The van der Waals surface area contributed by atoms with Crippen LogP contribution in [0.3, 0.4) is 0 Å². The summed E-state index contributed by atoms with van der Waals surface area (Å²) in [4.78, 5) is 12.2. The van der Waals surface area contributed by atoms with Gasteiger partial charge in [-0.3, -0.25) is 15.5 Å². The molecule has 0 saturated carbocycles. The fourth-order valence-corrected chi connectivity index (χ4v) is 2.10. The number of hydrogen-bond acceptors (Lipinski definition) is 5. The topological polar surface area (TPSA) is 64.9 Å². The third-order valence-corrected chi connectivity index (χ3v) is 3.04. The molecule has 2 rings (SSSR count). The molecule has 1 amide bonds. The van der Waals surface area contributed by atoms with Crippen molar-refractivity contribution in [2.24, 2.45) is 5.10 Å². The Morgan fingerprint density at radius 2 is 2.32 bits per heavy atom. The van der Waals surface area contributed by atoms with E-state index in [1.807, 2.05) is 5.48 Å². The molecule has 100 valence electrons. The monoisotopic (exact) mass is 297 g/mol. The molecule has 1 unspecified atom stereocenters. The molecular weight excluding hydrogens is 286 g/mol. The highest BCUT2D eigenvalue weighted by molar-refractivity contribution is 7.81. The van der Waals surface area contributed by atoms with Crippen LogP contribution in [0.5, 0.6) is 0 Å². The van der Waals surface area contributed by atoms with Crippen molar-refractivity contribution in [1.82, 2.24) is 5.48 Å². The van der Waals surface area contributed by atoms with Gasteiger partial charge in [0, 0.05) is 16.5 Å². The molecule has 7 heteroatoms. The minimum atomic E-state index is -0.347. The first-order chi connectivity index (χ1) is 9.04. The van der Waals surface area contributed by atoms with Gasteiger partial charge in [-0.15, -0.1) is 0 Å². The first-order valence-corrected chi connectivity index (χ1v) is 6.40. The minimum Gasteiger partial charge on any atom is -0.292 e. The van der Waals surface area contributed by atoms with Crippen molar-refractivity contribution in [1.29, 1.82) is 0 Å². The minimum absolute atomic E-state index is 0.243. The number of rotatable bonds is 3. The van der Waals surface area contributed by atoms with Crippen LogP contribution < -0.4 is 10.5 Å². The summed E-state index contributed by atoms with van der Waals surface area (Å²) in [6.07, 6.45) is 1.19. The predicted molar refractivity (Wildman–Crippen MR) is 77.8 cm³/mol. The summed E-state index contributed by atoms with van der Waals surface area (Å²) >= 11 is 10.2. The average Bonchev–Trinajstić information content (AvgIpc) is 2.68. The van der Waals surface area contributed by atoms with E-state index in [1.54, 1.807) is 31.2 Å². The van der Waals surface area contributed by atoms with Gasteiger partial charge in [-0.25, -0.2) is 0 Å². The number of amides is 1. The second-order valence-electron chi connectivity index (χ2n) is 3.95. The number of carbonyl (C=O) groups is 1. The number of thiol groups is 1. The zero-order chi connectivity index (χ0) is 14.0. The Hall–Kier alpha value is -1.50. The molecule has 1 aliphatic rings. The lowest BCUT2D eigenvalue weighted by Gasteiger charge is -2.11. The second-order valence-corrected chi connectivity index (χ2v) is 5.16. The van der Waals surface area contributed by atoms with Gasteiger partial charge in [-0.1, -0.05) is 17.7 Å². The molecule has 5 nitrogen and oxygen atoms in total. The largest absolute Gasteiger partial charge is 0.292 e. The molecule has 0 radical (unpaired) electrons. The maximum Gasteiger partial charge on any atom is 0.282 e. The summed E-state index contributed by atoms with van der Waals surface area (Å²) in [6.45, 7) is 1.79. The molecule has 0 fully saturated rings. The number of anilines is 1. The molecule has 19 heavy (non-hydrogen) atoms. The molecule has 2 N–H and O–H groups in total. The van der Waals surface area contributed by atoms with Crippen LogP contribution >= 0.6 is 24.2 Å². The van der Waals surface area contributed by atoms with Crippen molar-refractivity contribution >= 4 is 41.5 Å². The van der Waals surface area contributed by atoms with E-state index < -0.39 is 0 Å². The van der Waals surface area contributed by atoms with Gasteiger partial charge in [-0.2, -0.15) is 22.7 Å². The van der Waals surface area contributed by atoms with E-state index in [2.05, 4.69) is 17.7 Å². The van der Waals surface area contributed by atoms with Gasteiger partial charge in [0.2, 0.25) is 0 Å². The summed E-state index contributed by atoms with van der Waals surface area (Å²) < 4.78 is 0. The number of carbonyl (C=O) groups excluding carboxylic acids is 1. The molecule has 1 atom stereocenters. The Labute approximate surface area is 120 Å². The highest BCUT2D eigenvalue weighted by Gasteiger charge is 2.32. The van der Waals surface area contributed by atoms with Gasteiger partial charge in [0.25, 0.3) is 5.91 Å². The molecule has 1 aliphatic heterocycles. The van der Waals surface area contributed by atoms with Crippen LogP contribution in [0.4, 0.5) is 5.69 Å². The standard InChI is InChI=1S/C12H12ClN3O2S/c1-7(19)11-10(6-14-18)12(17)16(15-11)9-4-2-3-8(13)5-9/h2-7,14,18-19H,1H3. The fourth-order valence-electron chi connectivity index (χ4n) is 1.72. The highest BCUT2D eigenvalue weighted by atomic mass is 35.5. The van der Waals surface area contributed by atoms with E-state index in [4.69, 9.17) is 16.8 Å². The molecule has 0 saturated heterocycles. The normalized spacial score (nSPS) is 18.7. The van der Waals surface area contributed by atoms with E-state index in [9.17, 15) is 4.79 Å². The lowest BCUT2D eigenvalue weighted by atomic mass is 10.1. The Morgan fingerprint density at radius 1 is 1.58 bits per heavy atom. The quantitative estimate of drug-likeness (QED) is 0.455. The first-order valence-electron chi connectivity index (χ1n) is 5.51. The number of benzene rings is 1. The third-order valence-electron chi connectivity index (χ3n) is 2.56. The third kappa shape index (κ3) is 2.75. The molecular formula is C12H12ClN3O2S. The van der Waals surface area contributed by atoms with Gasteiger partial charge in [0.05, 0.1) is 17.0 Å². The van der Waals surface area contributed by atoms with Gasteiger partial charge >= 0.3 is 0 Å². The van der Waals surface area contributed by atoms with Crippen molar-refractivity contribution < 1.29 is 10.0 Å². The average molecular weight is 298 g/mol. The molecule has 0 aromatic heterocycles. The Morgan fingerprint density at radius 3 is 2.89 bits per heavy atom. The van der Waals surface area contributed by atoms with Crippen LogP contribution in [0.15, 0.2) is 41.1 Å². The Balaban J connectivity index is 2.44. The molecule has 1 aromatic carbocycles. The Kier molecular flexibility index (Phi) is 4.14. The number of hydroxylamine groups is 1. The highest BCUT2D eigenvalue weighted by Crippen LogP contribution is 2.27. The summed E-state index contributed by atoms with van der Waals surface area (Å²) in [7, 11) is 0. The SMILES string of the molecule is CC(S)C1=NN(c2cccc(Cl)c2)C(=O)C1=CNO. The summed E-state index contributed by atoms with van der Waals surface area (Å²) in [5.41, 5.74) is 3.17. The van der Waals surface area contributed by atoms with Gasteiger partial charge in [0.1, 0.15) is 0 Å². The lowest BCUT2D eigenvalue weighted by molar-refractivity contribution is -0.114. The van der Waals surface area contributed by atoms with Crippen LogP contribution in [-0.2, 0) is 4.79 Å².